The molecule has 4 rings (SSSR count). The normalized spacial score (nSPS) is 11.2. The molecule has 2 N–H and O–H groups in total. The third kappa shape index (κ3) is 2.38. The van der Waals surface area contributed by atoms with E-state index in [1.807, 2.05) is 36.0 Å². The van der Waals surface area contributed by atoms with Gasteiger partial charge >= 0.3 is 5.95 Å². The van der Waals surface area contributed by atoms with Crippen molar-refractivity contribution < 1.29 is 14.6 Å². The highest BCUT2D eigenvalue weighted by Gasteiger charge is 2.13. The van der Waals surface area contributed by atoms with E-state index in [-0.39, 0.29) is 5.75 Å². The maximum Gasteiger partial charge on any atom is 0.327 e. The van der Waals surface area contributed by atoms with Crippen LogP contribution in [0.15, 0.2) is 53.5 Å². The zero-order chi connectivity index (χ0) is 16.7. The summed E-state index contributed by atoms with van der Waals surface area (Å²) >= 11 is 0. The van der Waals surface area contributed by atoms with Crippen LogP contribution in [0, 0.1) is 6.92 Å². The van der Waals surface area contributed by atoms with E-state index < -0.39 is 5.95 Å². The van der Waals surface area contributed by atoms with Gasteiger partial charge in [0.05, 0.1) is 11.9 Å². The fourth-order valence-electron chi connectivity index (χ4n) is 2.75. The van der Waals surface area contributed by atoms with Gasteiger partial charge in [-0.05, 0) is 36.2 Å². The number of hydrogen-bond acceptors (Lipinski definition) is 5. The molecule has 4 aromatic rings. The first-order valence-electron chi connectivity index (χ1n) is 7.48. The van der Waals surface area contributed by atoms with Gasteiger partial charge in [0.1, 0.15) is 11.4 Å². The molecule has 3 aromatic heterocycles. The SMILES string of the molecule is Cc1nccn1Cc1cncc(-c2ccc3oc(O)c(O)c3c2)c1. The van der Waals surface area contributed by atoms with E-state index in [9.17, 15) is 10.2 Å². The van der Waals surface area contributed by atoms with E-state index in [0.29, 0.717) is 17.5 Å². The number of aromatic nitrogens is 3. The molecule has 0 atom stereocenters. The van der Waals surface area contributed by atoms with E-state index in [1.54, 1.807) is 24.5 Å². The summed E-state index contributed by atoms with van der Waals surface area (Å²) in [4.78, 5) is 8.53. The van der Waals surface area contributed by atoms with Crippen molar-refractivity contribution >= 4 is 11.0 Å². The van der Waals surface area contributed by atoms with E-state index in [1.165, 1.54) is 0 Å². The summed E-state index contributed by atoms with van der Waals surface area (Å²) in [5.74, 6) is 0.232. The predicted molar refractivity (Wildman–Crippen MR) is 88.8 cm³/mol. The molecule has 0 fully saturated rings. The number of furan rings is 1. The minimum atomic E-state index is -0.468. The van der Waals surface area contributed by atoms with Crippen LogP contribution in [0.1, 0.15) is 11.4 Å². The van der Waals surface area contributed by atoms with Gasteiger partial charge in [0.25, 0.3) is 0 Å². The maximum absolute atomic E-state index is 9.86. The third-order valence-corrected chi connectivity index (χ3v) is 4.05. The van der Waals surface area contributed by atoms with Crippen LogP contribution in [-0.4, -0.2) is 24.7 Å². The van der Waals surface area contributed by atoms with Crippen molar-refractivity contribution in [2.45, 2.75) is 13.5 Å². The number of pyridine rings is 1. The molecular weight excluding hydrogens is 306 g/mol. The van der Waals surface area contributed by atoms with Gasteiger partial charge in [-0.2, -0.15) is 0 Å². The van der Waals surface area contributed by atoms with Crippen molar-refractivity contribution in [3.05, 3.63) is 60.4 Å². The van der Waals surface area contributed by atoms with Gasteiger partial charge in [0, 0.05) is 30.4 Å². The first-order chi connectivity index (χ1) is 11.6. The first-order valence-corrected chi connectivity index (χ1v) is 7.48. The molecule has 0 aliphatic carbocycles. The van der Waals surface area contributed by atoms with Crippen LogP contribution in [0.3, 0.4) is 0 Å². The number of aryl methyl sites for hydroxylation is 1. The molecule has 6 heteroatoms. The van der Waals surface area contributed by atoms with Crippen molar-refractivity contribution in [2.24, 2.45) is 0 Å². The number of imidazole rings is 1. The Morgan fingerprint density at radius 2 is 2.00 bits per heavy atom. The second-order valence-electron chi connectivity index (χ2n) is 5.65. The molecule has 0 aliphatic rings. The van der Waals surface area contributed by atoms with Gasteiger partial charge < -0.3 is 19.2 Å². The molecule has 0 amide bonds. The Morgan fingerprint density at radius 3 is 2.79 bits per heavy atom. The highest BCUT2D eigenvalue weighted by Crippen LogP contribution is 2.38. The van der Waals surface area contributed by atoms with Gasteiger partial charge in [0.2, 0.25) is 5.75 Å². The second-order valence-corrected chi connectivity index (χ2v) is 5.65. The summed E-state index contributed by atoms with van der Waals surface area (Å²) in [7, 11) is 0. The molecule has 0 radical (unpaired) electrons. The second kappa shape index (κ2) is 5.42. The molecule has 3 heterocycles. The van der Waals surface area contributed by atoms with Crippen LogP contribution >= 0.6 is 0 Å². The van der Waals surface area contributed by atoms with Gasteiger partial charge in [-0.15, -0.1) is 0 Å². The summed E-state index contributed by atoms with van der Waals surface area (Å²) in [5, 5.41) is 19.8. The lowest BCUT2D eigenvalue weighted by atomic mass is 10.0. The number of aromatic hydroxyl groups is 2. The summed E-state index contributed by atoms with van der Waals surface area (Å²) in [6.07, 6.45) is 7.29. The minimum absolute atomic E-state index is 0.245. The van der Waals surface area contributed by atoms with Crippen LogP contribution in [0.2, 0.25) is 0 Å². The monoisotopic (exact) mass is 321 g/mol. The summed E-state index contributed by atoms with van der Waals surface area (Å²) in [6.45, 7) is 2.64. The van der Waals surface area contributed by atoms with Gasteiger partial charge in [-0.3, -0.25) is 4.98 Å². The van der Waals surface area contributed by atoms with Gasteiger partial charge in [-0.1, -0.05) is 6.07 Å². The fourth-order valence-corrected chi connectivity index (χ4v) is 2.75. The number of nitrogens with zero attached hydrogens (tertiary/aromatic N) is 3. The van der Waals surface area contributed by atoms with Crippen molar-refractivity contribution in [2.75, 3.05) is 0 Å². The Bertz CT molecular complexity index is 1030. The highest BCUT2D eigenvalue weighted by atomic mass is 16.5. The zero-order valence-corrected chi connectivity index (χ0v) is 13.0. The molecule has 0 saturated carbocycles. The maximum atomic E-state index is 9.86. The topological polar surface area (TPSA) is 84.3 Å². The highest BCUT2D eigenvalue weighted by molar-refractivity contribution is 5.90. The van der Waals surface area contributed by atoms with Crippen molar-refractivity contribution in [3.8, 4) is 22.8 Å². The lowest BCUT2D eigenvalue weighted by Gasteiger charge is -2.07. The third-order valence-electron chi connectivity index (χ3n) is 4.05. The zero-order valence-electron chi connectivity index (χ0n) is 13.0. The van der Waals surface area contributed by atoms with Crippen LogP contribution in [0.5, 0.6) is 11.7 Å². The van der Waals surface area contributed by atoms with E-state index in [4.69, 9.17) is 4.42 Å². The Kier molecular flexibility index (Phi) is 3.23. The Labute approximate surface area is 137 Å². The van der Waals surface area contributed by atoms with E-state index in [2.05, 4.69) is 9.97 Å². The average Bonchev–Trinajstić information content (AvgIpc) is 3.11. The molecule has 6 nitrogen and oxygen atoms in total. The molecule has 0 aliphatic heterocycles. The Morgan fingerprint density at radius 1 is 1.12 bits per heavy atom. The van der Waals surface area contributed by atoms with Gasteiger partial charge in [-0.25, -0.2) is 4.98 Å². The molecule has 0 spiro atoms. The molecule has 0 unspecified atom stereocenters. The van der Waals surface area contributed by atoms with Crippen LogP contribution < -0.4 is 0 Å². The van der Waals surface area contributed by atoms with Crippen molar-refractivity contribution in [1.82, 2.24) is 14.5 Å². The van der Waals surface area contributed by atoms with Crippen molar-refractivity contribution in [1.29, 1.82) is 0 Å². The Balaban J connectivity index is 1.73. The van der Waals surface area contributed by atoms with Crippen LogP contribution in [-0.2, 0) is 6.54 Å². The fraction of sp³-hybridized carbons (Fsp3) is 0.111. The number of rotatable bonds is 3. The standard InChI is InChI=1S/C18H15N3O3/c1-11-20-4-5-21(11)10-12-6-14(9-19-8-12)13-2-3-16-15(7-13)17(22)18(23)24-16/h2-9,22-23H,10H2,1H3. The first kappa shape index (κ1) is 14.3. The largest absolute Gasteiger partial charge is 0.501 e. The Hall–Kier alpha value is -3.28. The summed E-state index contributed by atoms with van der Waals surface area (Å²) in [6, 6.07) is 7.41. The number of hydrogen-bond donors (Lipinski definition) is 2. The molecule has 120 valence electrons. The quantitative estimate of drug-likeness (QED) is 0.603. The molecule has 24 heavy (non-hydrogen) atoms. The van der Waals surface area contributed by atoms with Crippen LogP contribution in [0.4, 0.5) is 0 Å². The van der Waals surface area contributed by atoms with E-state index in [0.717, 1.165) is 22.5 Å². The number of fused-ring (bicyclic) bond motifs is 1. The predicted octanol–water partition coefficient (Wildman–Crippen LogP) is 3.46. The molecule has 0 bridgehead atoms. The number of benzene rings is 1. The smallest absolute Gasteiger partial charge is 0.327 e. The average molecular weight is 321 g/mol. The molecular formula is C18H15N3O3. The molecule has 0 saturated heterocycles. The van der Waals surface area contributed by atoms with E-state index >= 15 is 0 Å². The lowest BCUT2D eigenvalue weighted by molar-refractivity contribution is 0.316. The summed E-state index contributed by atoms with van der Waals surface area (Å²) < 4.78 is 7.12. The minimum Gasteiger partial charge on any atom is -0.501 e. The van der Waals surface area contributed by atoms with Crippen molar-refractivity contribution in [3.63, 3.8) is 0 Å². The van der Waals surface area contributed by atoms with Crippen LogP contribution in [0.25, 0.3) is 22.1 Å². The summed E-state index contributed by atoms with van der Waals surface area (Å²) in [5.41, 5.74) is 3.29. The lowest BCUT2D eigenvalue weighted by Crippen LogP contribution is -2.01. The molecule has 1 aromatic carbocycles. The van der Waals surface area contributed by atoms with Gasteiger partial charge in [0.15, 0.2) is 0 Å².